The van der Waals surface area contributed by atoms with Gasteiger partial charge in [-0.25, -0.2) is 0 Å². The van der Waals surface area contributed by atoms with Crippen molar-refractivity contribution in [1.29, 1.82) is 0 Å². The molecular formula is C23H46O4Si. The largest absolute Gasteiger partial charge is 0.416 e. The van der Waals surface area contributed by atoms with Gasteiger partial charge in [0.1, 0.15) is 6.10 Å². The highest BCUT2D eigenvalue weighted by molar-refractivity contribution is 6.77. The van der Waals surface area contributed by atoms with Gasteiger partial charge < -0.3 is 19.0 Å². The number of epoxide rings is 1. The Hall–Kier alpha value is 0.0569. The van der Waals surface area contributed by atoms with Gasteiger partial charge in [-0.2, -0.15) is 0 Å². The van der Waals surface area contributed by atoms with E-state index in [2.05, 4.69) is 62.3 Å². The van der Waals surface area contributed by atoms with Crippen molar-refractivity contribution in [2.24, 2.45) is 17.8 Å². The van der Waals surface area contributed by atoms with Gasteiger partial charge in [0, 0.05) is 18.4 Å². The first-order valence-electron chi connectivity index (χ1n) is 11.6. The molecule has 0 amide bonds. The second kappa shape index (κ2) is 9.91. The molecule has 0 aromatic carbocycles. The van der Waals surface area contributed by atoms with Gasteiger partial charge >= 0.3 is 0 Å². The Morgan fingerprint density at radius 2 is 1.46 bits per heavy atom. The van der Waals surface area contributed by atoms with Gasteiger partial charge in [-0.1, -0.05) is 62.3 Å². The number of hydrogen-bond acceptors (Lipinski definition) is 4. The predicted octanol–water partition coefficient (Wildman–Crippen LogP) is 5.39. The molecule has 2 rings (SSSR count). The first kappa shape index (κ1) is 24.3. The van der Waals surface area contributed by atoms with Gasteiger partial charge in [0.15, 0.2) is 8.32 Å². The van der Waals surface area contributed by atoms with Crippen LogP contribution in [0.5, 0.6) is 0 Å². The van der Waals surface area contributed by atoms with Crippen LogP contribution in [0.25, 0.3) is 0 Å². The standard InChI is InChI=1S/C23H46O4Si/c1-14(2)28(15(3)4,16(5)6)25-13-18(8)20-11-10-17(7)22(26-20)19(9)23-21(12-24)27-23/h14-24H,10-13H2,1-9H3/t17-,18+,19+,20-,21+,22-,23+/m0/s1. The Kier molecular flexibility index (Phi) is 8.61. The van der Waals surface area contributed by atoms with E-state index in [4.69, 9.17) is 13.9 Å². The fourth-order valence-corrected chi connectivity index (χ4v) is 11.4. The third-order valence-electron chi connectivity index (χ3n) is 7.58. The quantitative estimate of drug-likeness (QED) is 0.384. The smallest absolute Gasteiger partial charge is 0.200 e. The minimum absolute atomic E-state index is 0.0154. The lowest BCUT2D eigenvalue weighted by Gasteiger charge is -2.44. The van der Waals surface area contributed by atoms with Crippen molar-refractivity contribution in [1.82, 2.24) is 0 Å². The molecular weight excluding hydrogens is 368 g/mol. The number of aliphatic hydroxyl groups excluding tert-OH is 1. The van der Waals surface area contributed by atoms with Gasteiger partial charge in [0.25, 0.3) is 0 Å². The number of ether oxygens (including phenoxy) is 2. The maximum absolute atomic E-state index is 9.33. The Morgan fingerprint density at radius 1 is 0.893 bits per heavy atom. The molecule has 0 aliphatic carbocycles. The van der Waals surface area contributed by atoms with Crippen molar-refractivity contribution in [2.45, 2.75) is 116 Å². The highest BCUT2D eigenvalue weighted by Crippen LogP contribution is 2.43. The van der Waals surface area contributed by atoms with E-state index in [-0.39, 0.29) is 31.0 Å². The maximum Gasteiger partial charge on any atom is 0.200 e. The van der Waals surface area contributed by atoms with E-state index in [1.165, 1.54) is 6.42 Å². The second-order valence-electron chi connectivity index (χ2n) is 10.5. The van der Waals surface area contributed by atoms with Gasteiger partial charge in [0.05, 0.1) is 24.9 Å². The molecule has 2 heterocycles. The molecule has 0 aromatic heterocycles. The van der Waals surface area contributed by atoms with Gasteiger partial charge in [-0.05, 0) is 35.4 Å². The van der Waals surface area contributed by atoms with E-state index in [1.54, 1.807) is 0 Å². The van der Waals surface area contributed by atoms with Gasteiger partial charge in [0.2, 0.25) is 0 Å². The van der Waals surface area contributed by atoms with Gasteiger partial charge in [-0.15, -0.1) is 0 Å². The number of rotatable bonds is 10. The molecule has 5 heteroatoms. The molecule has 0 bridgehead atoms. The third kappa shape index (κ3) is 5.03. The average Bonchev–Trinajstić information content (AvgIpc) is 3.40. The molecule has 4 nitrogen and oxygen atoms in total. The Morgan fingerprint density at radius 3 is 1.93 bits per heavy atom. The van der Waals surface area contributed by atoms with E-state index in [0.717, 1.165) is 13.0 Å². The van der Waals surface area contributed by atoms with E-state index >= 15 is 0 Å². The van der Waals surface area contributed by atoms with E-state index in [0.29, 0.717) is 34.4 Å². The topological polar surface area (TPSA) is 51.2 Å². The summed E-state index contributed by atoms with van der Waals surface area (Å²) in [6.45, 7) is 21.8. The minimum atomic E-state index is -1.83. The molecule has 0 saturated carbocycles. The van der Waals surface area contributed by atoms with Crippen molar-refractivity contribution in [3.05, 3.63) is 0 Å². The molecule has 0 radical (unpaired) electrons. The van der Waals surface area contributed by atoms with Crippen LogP contribution in [0.3, 0.4) is 0 Å². The van der Waals surface area contributed by atoms with E-state index in [1.807, 2.05) is 0 Å². The molecule has 2 saturated heterocycles. The summed E-state index contributed by atoms with van der Waals surface area (Å²) in [5.74, 6) is 1.27. The summed E-state index contributed by atoms with van der Waals surface area (Å²) in [7, 11) is -1.83. The van der Waals surface area contributed by atoms with Gasteiger partial charge in [-0.3, -0.25) is 0 Å². The fourth-order valence-electron chi connectivity index (χ4n) is 5.89. The summed E-state index contributed by atoms with van der Waals surface area (Å²) in [6, 6.07) is 0. The monoisotopic (exact) mass is 414 g/mol. The van der Waals surface area contributed by atoms with Crippen LogP contribution in [0.15, 0.2) is 0 Å². The van der Waals surface area contributed by atoms with E-state index < -0.39 is 8.32 Å². The first-order valence-corrected chi connectivity index (χ1v) is 13.8. The molecule has 7 atom stereocenters. The summed E-state index contributed by atoms with van der Waals surface area (Å²) < 4.78 is 19.1. The van der Waals surface area contributed by atoms with Crippen LogP contribution in [0.2, 0.25) is 16.6 Å². The maximum atomic E-state index is 9.33. The summed E-state index contributed by atoms with van der Waals surface area (Å²) in [6.07, 6.45) is 2.95. The van der Waals surface area contributed by atoms with Crippen molar-refractivity contribution in [2.75, 3.05) is 13.2 Å². The zero-order chi connectivity index (χ0) is 21.2. The van der Waals surface area contributed by atoms with Crippen molar-refractivity contribution < 1.29 is 19.0 Å². The van der Waals surface area contributed by atoms with Crippen LogP contribution in [0, 0.1) is 17.8 Å². The van der Waals surface area contributed by atoms with Crippen molar-refractivity contribution in [3.63, 3.8) is 0 Å². The minimum Gasteiger partial charge on any atom is -0.416 e. The Bertz CT molecular complexity index is 459. The molecule has 0 spiro atoms. The van der Waals surface area contributed by atoms with Crippen molar-refractivity contribution >= 4 is 8.32 Å². The third-order valence-corrected chi connectivity index (χ3v) is 13.7. The van der Waals surface area contributed by atoms with Crippen LogP contribution in [0.1, 0.15) is 75.2 Å². The number of hydrogen-bond donors (Lipinski definition) is 1. The summed E-state index contributed by atoms with van der Waals surface area (Å²) in [4.78, 5) is 0. The second-order valence-corrected chi connectivity index (χ2v) is 15.9. The molecule has 1 N–H and O–H groups in total. The zero-order valence-electron chi connectivity index (χ0n) is 19.8. The van der Waals surface area contributed by atoms with E-state index in [9.17, 15) is 5.11 Å². The highest BCUT2D eigenvalue weighted by atomic mass is 28.4. The summed E-state index contributed by atoms with van der Waals surface area (Å²) >= 11 is 0. The fraction of sp³-hybridized carbons (Fsp3) is 1.00. The summed E-state index contributed by atoms with van der Waals surface area (Å²) in [5.41, 5.74) is 1.84. The van der Waals surface area contributed by atoms with Crippen LogP contribution in [0.4, 0.5) is 0 Å². The summed E-state index contributed by atoms with van der Waals surface area (Å²) in [5, 5.41) is 9.33. The van der Waals surface area contributed by atoms with Crippen LogP contribution >= 0.6 is 0 Å². The molecule has 166 valence electrons. The van der Waals surface area contributed by atoms with Crippen molar-refractivity contribution in [3.8, 4) is 0 Å². The first-order chi connectivity index (χ1) is 13.1. The molecule has 0 unspecified atom stereocenters. The molecule has 2 aliphatic rings. The Balaban J connectivity index is 1.98. The zero-order valence-corrected chi connectivity index (χ0v) is 20.8. The highest BCUT2D eigenvalue weighted by Gasteiger charge is 2.49. The van der Waals surface area contributed by atoms with Crippen LogP contribution < -0.4 is 0 Å². The SMILES string of the molecule is CC(C)[Si](OC[C@@H](C)[C@@H]1CC[C@H](C)[C@@H]([C@@H](C)[C@H]2O[C@@H]2CO)O1)(C(C)C)C(C)C. The molecule has 2 aliphatic heterocycles. The predicted molar refractivity (Wildman–Crippen MR) is 118 cm³/mol. The molecule has 2 fully saturated rings. The average molecular weight is 415 g/mol. The lowest BCUT2D eigenvalue weighted by Crippen LogP contribution is -2.50. The van der Waals surface area contributed by atoms with Crippen LogP contribution in [-0.2, 0) is 13.9 Å². The lowest BCUT2D eigenvalue weighted by molar-refractivity contribution is -0.129. The Labute approximate surface area is 174 Å². The van der Waals surface area contributed by atoms with Crippen LogP contribution in [-0.4, -0.2) is 51.1 Å². The number of aliphatic hydroxyl groups is 1. The molecule has 28 heavy (non-hydrogen) atoms. The normalized spacial score (nSPS) is 33.5. The lowest BCUT2D eigenvalue weighted by atomic mass is 9.82. The molecule has 0 aromatic rings.